The highest BCUT2D eigenvalue weighted by Gasteiger charge is 2.14. The minimum Gasteiger partial charge on any atom is -0.354 e. The van der Waals surface area contributed by atoms with E-state index in [0.29, 0.717) is 0 Å². The number of aromatic amines is 1. The van der Waals surface area contributed by atoms with Crippen LogP contribution in [0.25, 0.3) is 76.0 Å². The first-order chi connectivity index (χ1) is 17.4. The second-order valence-corrected chi connectivity index (χ2v) is 9.41. The molecule has 0 radical (unpaired) electrons. The lowest BCUT2D eigenvalue weighted by Gasteiger charge is -2.12. The normalized spacial score (nSPS) is 12.0. The Morgan fingerprint density at radius 2 is 1.00 bits per heavy atom. The average Bonchev–Trinajstić information content (AvgIpc) is 3.32. The minimum atomic E-state index is 1.18. The summed E-state index contributed by atoms with van der Waals surface area (Å²) in [6, 6.07) is 44.2. The molecule has 0 bridgehead atoms. The van der Waals surface area contributed by atoms with Crippen LogP contribution in [0, 0.1) is 0 Å². The summed E-state index contributed by atoms with van der Waals surface area (Å²) >= 11 is 0. The second-order valence-electron chi connectivity index (χ2n) is 9.41. The predicted octanol–water partition coefficient (Wildman–Crippen LogP) is 9.60. The molecule has 0 aliphatic carbocycles. The van der Waals surface area contributed by atoms with E-state index in [1.54, 1.807) is 0 Å². The van der Waals surface area contributed by atoms with E-state index in [4.69, 9.17) is 0 Å². The van der Waals surface area contributed by atoms with Crippen molar-refractivity contribution in [2.75, 3.05) is 0 Å². The maximum Gasteiger partial charge on any atom is 0.0544 e. The van der Waals surface area contributed by atoms with E-state index in [2.05, 4.69) is 126 Å². The summed E-state index contributed by atoms with van der Waals surface area (Å²) in [5.74, 6) is 0. The number of fused-ring (bicyclic) bond motifs is 11. The number of rotatable bonds is 1. The van der Waals surface area contributed by atoms with Gasteiger partial charge in [0.2, 0.25) is 0 Å². The third-order valence-corrected chi connectivity index (χ3v) is 7.58. The van der Waals surface area contributed by atoms with Crippen LogP contribution < -0.4 is 0 Å². The molecule has 7 aromatic carbocycles. The fraction of sp³-hybridized carbons (Fsp3) is 0. The summed E-state index contributed by atoms with van der Waals surface area (Å²) in [5.41, 5.74) is 4.85. The lowest BCUT2D eigenvalue weighted by molar-refractivity contribution is 1.54. The van der Waals surface area contributed by atoms with Gasteiger partial charge >= 0.3 is 0 Å². The van der Waals surface area contributed by atoms with Crippen LogP contribution in [0.3, 0.4) is 0 Å². The monoisotopic (exact) mass is 443 g/mol. The van der Waals surface area contributed by atoms with E-state index in [9.17, 15) is 0 Å². The molecule has 0 saturated carbocycles. The second kappa shape index (κ2) is 6.94. The highest BCUT2D eigenvalue weighted by molar-refractivity contribution is 6.26. The molecule has 1 nitrogen and oxygen atoms in total. The Labute approximate surface area is 202 Å². The molecule has 0 unspecified atom stereocenters. The van der Waals surface area contributed by atoms with Crippen molar-refractivity contribution < 1.29 is 0 Å². The number of H-pyrrole nitrogens is 1. The zero-order valence-corrected chi connectivity index (χ0v) is 19.0. The van der Waals surface area contributed by atoms with Crippen LogP contribution in [0.4, 0.5) is 0 Å². The van der Waals surface area contributed by atoms with Gasteiger partial charge in [0.25, 0.3) is 0 Å². The van der Waals surface area contributed by atoms with Crippen LogP contribution in [0.5, 0.6) is 0 Å². The Bertz CT molecular complexity index is 2070. The third-order valence-electron chi connectivity index (χ3n) is 7.58. The van der Waals surface area contributed by atoms with Gasteiger partial charge in [0.1, 0.15) is 0 Å². The summed E-state index contributed by atoms with van der Waals surface area (Å²) < 4.78 is 0. The van der Waals surface area contributed by atoms with Crippen LogP contribution in [0.15, 0.2) is 121 Å². The van der Waals surface area contributed by atoms with Gasteiger partial charge in [0.15, 0.2) is 0 Å². The molecule has 0 fully saturated rings. The van der Waals surface area contributed by atoms with Gasteiger partial charge in [-0.25, -0.2) is 0 Å². The Balaban J connectivity index is 1.47. The first-order valence-electron chi connectivity index (χ1n) is 12.1. The third kappa shape index (κ3) is 2.58. The zero-order valence-electron chi connectivity index (χ0n) is 19.0. The molecule has 0 atom stereocenters. The van der Waals surface area contributed by atoms with Gasteiger partial charge < -0.3 is 4.98 Å². The topological polar surface area (TPSA) is 15.8 Å². The van der Waals surface area contributed by atoms with Gasteiger partial charge in [0, 0.05) is 21.9 Å². The van der Waals surface area contributed by atoms with E-state index >= 15 is 0 Å². The summed E-state index contributed by atoms with van der Waals surface area (Å²) in [4.78, 5) is 3.75. The van der Waals surface area contributed by atoms with Crippen LogP contribution in [0.1, 0.15) is 0 Å². The Kier molecular flexibility index (Phi) is 3.72. The van der Waals surface area contributed by atoms with Crippen molar-refractivity contribution >= 4 is 64.9 Å². The highest BCUT2D eigenvalue weighted by Crippen LogP contribution is 2.40. The van der Waals surface area contributed by atoms with Crippen molar-refractivity contribution in [3.63, 3.8) is 0 Å². The van der Waals surface area contributed by atoms with E-state index in [-0.39, 0.29) is 0 Å². The first kappa shape index (κ1) is 18.8. The van der Waals surface area contributed by atoms with E-state index in [0.717, 1.165) is 0 Å². The van der Waals surface area contributed by atoms with E-state index in [1.165, 1.54) is 76.0 Å². The number of hydrogen-bond donors (Lipinski definition) is 1. The SMILES string of the molecule is c1ccc2c(c1)ccc1[nH]c3c(-c4ccc5c6ccccc6c6ccccc6c5c4)cccc3c12. The quantitative estimate of drug-likeness (QED) is 0.243. The van der Waals surface area contributed by atoms with Gasteiger partial charge in [0.05, 0.1) is 5.52 Å². The van der Waals surface area contributed by atoms with Gasteiger partial charge in [-0.05, 0) is 60.8 Å². The van der Waals surface area contributed by atoms with Gasteiger partial charge in [-0.15, -0.1) is 0 Å². The molecule has 1 heteroatoms. The Hall–Kier alpha value is -4.62. The number of para-hydroxylation sites is 1. The molecular formula is C34H21N. The molecular weight excluding hydrogens is 422 g/mol. The van der Waals surface area contributed by atoms with Crippen molar-refractivity contribution in [1.82, 2.24) is 4.98 Å². The number of nitrogens with one attached hydrogen (secondary N) is 1. The molecule has 0 saturated heterocycles. The molecule has 0 amide bonds. The molecule has 0 aliphatic rings. The standard InChI is InChI=1S/C34H21N/c1-2-9-23-21(8-1)17-19-32-33(23)30-15-7-14-24(34(30)35-32)22-16-18-29-27-12-4-3-10-25(27)26-11-5-6-13-28(26)31(29)20-22/h1-20,35H. The molecule has 0 aliphatic heterocycles. The first-order valence-corrected chi connectivity index (χ1v) is 12.1. The lowest BCUT2D eigenvalue weighted by atomic mass is 9.91. The molecule has 0 spiro atoms. The summed E-state index contributed by atoms with van der Waals surface area (Å²) in [6.45, 7) is 0. The molecule has 162 valence electrons. The molecule has 8 rings (SSSR count). The maximum atomic E-state index is 3.75. The van der Waals surface area contributed by atoms with Crippen molar-refractivity contribution in [1.29, 1.82) is 0 Å². The van der Waals surface area contributed by atoms with Gasteiger partial charge in [-0.3, -0.25) is 0 Å². The van der Waals surface area contributed by atoms with E-state index in [1.807, 2.05) is 0 Å². The molecule has 35 heavy (non-hydrogen) atoms. The fourth-order valence-corrected chi connectivity index (χ4v) is 6.01. The number of benzene rings is 7. The van der Waals surface area contributed by atoms with Crippen molar-refractivity contribution in [3.05, 3.63) is 121 Å². The number of hydrogen-bond acceptors (Lipinski definition) is 0. The molecule has 1 N–H and O–H groups in total. The molecule has 1 aromatic heterocycles. The van der Waals surface area contributed by atoms with Crippen LogP contribution in [-0.2, 0) is 0 Å². The zero-order chi connectivity index (χ0) is 22.9. The van der Waals surface area contributed by atoms with Gasteiger partial charge in [-0.2, -0.15) is 0 Å². The summed E-state index contributed by atoms with van der Waals surface area (Å²) in [6.07, 6.45) is 0. The molecule has 8 aromatic rings. The maximum absolute atomic E-state index is 3.75. The smallest absolute Gasteiger partial charge is 0.0544 e. The average molecular weight is 444 g/mol. The lowest BCUT2D eigenvalue weighted by Crippen LogP contribution is -1.85. The summed E-state index contributed by atoms with van der Waals surface area (Å²) in [5, 5.41) is 13.0. The van der Waals surface area contributed by atoms with Crippen molar-refractivity contribution in [3.8, 4) is 11.1 Å². The Morgan fingerprint density at radius 1 is 0.400 bits per heavy atom. The van der Waals surface area contributed by atoms with Crippen LogP contribution in [0.2, 0.25) is 0 Å². The number of aromatic nitrogens is 1. The molecule has 1 heterocycles. The highest BCUT2D eigenvalue weighted by atomic mass is 14.7. The fourth-order valence-electron chi connectivity index (χ4n) is 6.01. The summed E-state index contributed by atoms with van der Waals surface area (Å²) in [7, 11) is 0. The van der Waals surface area contributed by atoms with Crippen LogP contribution >= 0.6 is 0 Å². The minimum absolute atomic E-state index is 1.18. The predicted molar refractivity (Wildman–Crippen MR) is 151 cm³/mol. The van der Waals surface area contributed by atoms with Gasteiger partial charge in [-0.1, -0.05) is 109 Å². The van der Waals surface area contributed by atoms with Crippen molar-refractivity contribution in [2.45, 2.75) is 0 Å². The van der Waals surface area contributed by atoms with E-state index < -0.39 is 0 Å². The van der Waals surface area contributed by atoms with Crippen molar-refractivity contribution in [2.24, 2.45) is 0 Å². The van der Waals surface area contributed by atoms with Crippen LogP contribution in [-0.4, -0.2) is 4.98 Å². The Morgan fingerprint density at radius 3 is 1.74 bits per heavy atom. The largest absolute Gasteiger partial charge is 0.354 e.